The fraction of sp³-hybridized carbons (Fsp3) is 0.556. The third-order valence-electron chi connectivity index (χ3n) is 8.52. The Bertz CT molecular complexity index is 1410. The molecule has 0 N–H and O–H groups in total. The molecular formula is C36H48N2O8S4. The van der Waals surface area contributed by atoms with E-state index in [1.165, 1.54) is 50.8 Å². The predicted molar refractivity (Wildman–Crippen MR) is 201 cm³/mol. The van der Waals surface area contributed by atoms with Gasteiger partial charge in [0, 0.05) is 55.4 Å². The van der Waals surface area contributed by atoms with Crippen molar-refractivity contribution >= 4 is 47.0 Å². The first-order chi connectivity index (χ1) is 24.5. The monoisotopic (exact) mass is 764 g/mol. The van der Waals surface area contributed by atoms with E-state index in [0.717, 1.165) is 24.6 Å². The zero-order valence-corrected chi connectivity index (χ0v) is 32.7. The summed E-state index contributed by atoms with van der Waals surface area (Å²) in [6.45, 7) is 18.1. The lowest BCUT2D eigenvalue weighted by molar-refractivity contribution is 0.00791. The van der Waals surface area contributed by atoms with E-state index in [0.29, 0.717) is 92.5 Å². The molecule has 3 aromatic rings. The highest BCUT2D eigenvalue weighted by Gasteiger charge is 2.34. The van der Waals surface area contributed by atoms with E-state index in [4.69, 9.17) is 37.9 Å². The summed E-state index contributed by atoms with van der Waals surface area (Å²) in [6, 6.07) is 7.57. The smallest absolute Gasteiger partial charge is 0.119 e. The van der Waals surface area contributed by atoms with Gasteiger partial charge in [-0.3, -0.25) is 0 Å². The van der Waals surface area contributed by atoms with Crippen LogP contribution in [-0.4, -0.2) is 102 Å². The Morgan fingerprint density at radius 3 is 0.940 bits per heavy atom. The van der Waals surface area contributed by atoms with Gasteiger partial charge in [0.1, 0.15) is 24.7 Å². The topological polar surface area (TPSA) is 83.7 Å². The fourth-order valence-electron chi connectivity index (χ4n) is 5.85. The molecule has 0 spiro atoms. The first-order valence-electron chi connectivity index (χ1n) is 17.2. The van der Waals surface area contributed by atoms with Crippen LogP contribution in [0, 0.1) is 27.7 Å². The summed E-state index contributed by atoms with van der Waals surface area (Å²) >= 11 is 7.69. The van der Waals surface area contributed by atoms with E-state index < -0.39 is 0 Å². The van der Waals surface area contributed by atoms with E-state index in [1.54, 1.807) is 0 Å². The molecule has 0 unspecified atom stereocenters. The molecule has 10 aliphatic heterocycles. The van der Waals surface area contributed by atoms with Crippen molar-refractivity contribution < 1.29 is 37.9 Å². The molecule has 1 aromatic carbocycles. The standard InChI is InChI=1S/C36H48N2O8S4/c1-25-31-32-26(2)37(25)9-11-39-13-15-41-17-19-43-21-23-45-29-5-7-30(8-6-29)46-24-22-44-20-18-42-16-14-40-12-10-38-27(3)33-34(28(38)4)50-36(49-33)35(47-31)48-32/h5-8H,9-24H2,1-4H3. The van der Waals surface area contributed by atoms with Gasteiger partial charge in [0.05, 0.1) is 87.8 Å². The molecular weight excluding hydrogens is 717 g/mol. The molecule has 10 aliphatic rings. The van der Waals surface area contributed by atoms with Gasteiger partial charge in [0.25, 0.3) is 0 Å². The van der Waals surface area contributed by atoms with E-state index in [1.807, 2.05) is 71.3 Å². The van der Waals surface area contributed by atoms with Crippen molar-refractivity contribution in [1.82, 2.24) is 9.13 Å². The molecule has 10 nitrogen and oxygen atoms in total. The highest BCUT2D eigenvalue weighted by atomic mass is 32.2. The molecule has 10 bridgehead atoms. The molecule has 274 valence electrons. The Labute approximate surface area is 312 Å². The van der Waals surface area contributed by atoms with Gasteiger partial charge in [-0.15, -0.1) is 0 Å². The number of thioether (sulfide) groups is 4. The van der Waals surface area contributed by atoms with Crippen LogP contribution in [0.2, 0.25) is 0 Å². The second-order valence-corrected chi connectivity index (χ2v) is 16.4. The van der Waals surface area contributed by atoms with E-state index in [9.17, 15) is 0 Å². The van der Waals surface area contributed by atoms with Gasteiger partial charge in [0.15, 0.2) is 0 Å². The average Bonchev–Trinajstić information content (AvgIpc) is 3.86. The maximum atomic E-state index is 5.92. The van der Waals surface area contributed by atoms with Gasteiger partial charge in [0.2, 0.25) is 0 Å². The van der Waals surface area contributed by atoms with Gasteiger partial charge in [-0.2, -0.15) is 0 Å². The second kappa shape index (κ2) is 19.4. The van der Waals surface area contributed by atoms with Crippen molar-refractivity contribution in [1.29, 1.82) is 0 Å². The summed E-state index contributed by atoms with van der Waals surface area (Å²) in [7, 11) is 0. The lowest BCUT2D eigenvalue weighted by Gasteiger charge is -2.13. The second-order valence-electron chi connectivity index (χ2n) is 11.8. The van der Waals surface area contributed by atoms with Gasteiger partial charge in [-0.1, -0.05) is 47.0 Å². The molecule has 0 atom stereocenters. The lowest BCUT2D eigenvalue weighted by Crippen LogP contribution is -2.14. The molecule has 13 rings (SSSR count). The van der Waals surface area contributed by atoms with Crippen molar-refractivity contribution in [3.8, 4) is 11.5 Å². The molecule has 2 aromatic heterocycles. The Kier molecular flexibility index (Phi) is 14.7. The average molecular weight is 765 g/mol. The summed E-state index contributed by atoms with van der Waals surface area (Å²) in [6.07, 6.45) is 0. The Morgan fingerprint density at radius 1 is 0.380 bits per heavy atom. The molecule has 0 fully saturated rings. The van der Waals surface area contributed by atoms with Crippen LogP contribution in [0.1, 0.15) is 22.8 Å². The Hall–Kier alpha value is -1.72. The molecule has 0 aliphatic carbocycles. The van der Waals surface area contributed by atoms with Crippen LogP contribution < -0.4 is 9.47 Å². The first-order valence-corrected chi connectivity index (χ1v) is 20.4. The molecule has 0 saturated heterocycles. The Balaban J connectivity index is 1.00. The summed E-state index contributed by atoms with van der Waals surface area (Å²) in [5.74, 6) is 1.55. The third kappa shape index (κ3) is 9.82. The SMILES string of the molecule is Cc1c2c3c(C)n1CCOCCOCCOCCOc1ccc(cc1)OCCOCCOCCOCCn1c(C)c4c(c1C)SC(=C(S2)S3)S4. The van der Waals surface area contributed by atoms with Crippen LogP contribution in [0.25, 0.3) is 0 Å². The minimum atomic E-state index is 0.468. The fourth-order valence-corrected chi connectivity index (χ4v) is 11.7. The number of benzene rings is 1. The maximum absolute atomic E-state index is 5.92. The van der Waals surface area contributed by atoms with Crippen molar-refractivity contribution in [2.75, 3.05) is 92.5 Å². The highest BCUT2D eigenvalue weighted by molar-refractivity contribution is 8.30. The molecule has 0 saturated carbocycles. The number of hydrogen-bond donors (Lipinski definition) is 0. The van der Waals surface area contributed by atoms with E-state index in [2.05, 4.69) is 36.8 Å². The van der Waals surface area contributed by atoms with E-state index in [-0.39, 0.29) is 0 Å². The van der Waals surface area contributed by atoms with Crippen LogP contribution in [0.15, 0.2) is 52.3 Å². The highest BCUT2D eigenvalue weighted by Crippen LogP contribution is 2.64. The zero-order chi connectivity index (χ0) is 34.7. The minimum absolute atomic E-state index is 0.468. The van der Waals surface area contributed by atoms with Gasteiger partial charge in [-0.25, -0.2) is 0 Å². The molecule has 12 heterocycles. The molecule has 0 radical (unpaired) electrons. The van der Waals surface area contributed by atoms with Crippen LogP contribution in [-0.2, 0) is 41.5 Å². The van der Waals surface area contributed by atoms with Gasteiger partial charge < -0.3 is 47.0 Å². The zero-order valence-electron chi connectivity index (χ0n) is 29.4. The largest absolute Gasteiger partial charge is 0.491 e. The van der Waals surface area contributed by atoms with Crippen molar-refractivity contribution in [3.63, 3.8) is 0 Å². The van der Waals surface area contributed by atoms with Crippen LogP contribution in [0.5, 0.6) is 11.5 Å². The molecule has 14 heteroatoms. The number of hydrogen-bond acceptors (Lipinski definition) is 12. The molecule has 0 amide bonds. The van der Waals surface area contributed by atoms with E-state index >= 15 is 0 Å². The van der Waals surface area contributed by atoms with Crippen molar-refractivity contribution in [2.45, 2.75) is 60.4 Å². The van der Waals surface area contributed by atoms with Crippen LogP contribution in [0.3, 0.4) is 0 Å². The van der Waals surface area contributed by atoms with Gasteiger partial charge in [-0.05, 0) is 52.0 Å². The molecule has 50 heavy (non-hydrogen) atoms. The normalized spacial score (nSPS) is 19.8. The van der Waals surface area contributed by atoms with Crippen LogP contribution >= 0.6 is 47.0 Å². The summed E-state index contributed by atoms with van der Waals surface area (Å²) < 4.78 is 53.6. The van der Waals surface area contributed by atoms with Crippen molar-refractivity contribution in [3.05, 3.63) is 55.5 Å². The quantitative estimate of drug-likeness (QED) is 0.230. The predicted octanol–water partition coefficient (Wildman–Crippen LogP) is 7.32. The number of ether oxygens (including phenoxy) is 8. The third-order valence-corrected chi connectivity index (χ3v) is 14.7. The first kappa shape index (κ1) is 38.0. The maximum Gasteiger partial charge on any atom is 0.119 e. The summed E-state index contributed by atoms with van der Waals surface area (Å²) in [5.41, 5.74) is 5.26. The Morgan fingerprint density at radius 2 is 0.640 bits per heavy atom. The summed E-state index contributed by atoms with van der Waals surface area (Å²) in [4.78, 5) is 5.54. The number of aromatic nitrogens is 2. The number of nitrogens with zero attached hydrogens (tertiary/aromatic N) is 2. The van der Waals surface area contributed by atoms with Crippen LogP contribution in [0.4, 0.5) is 0 Å². The van der Waals surface area contributed by atoms with Crippen molar-refractivity contribution in [2.24, 2.45) is 0 Å². The minimum Gasteiger partial charge on any atom is -0.491 e. The van der Waals surface area contributed by atoms with Gasteiger partial charge >= 0.3 is 0 Å². The lowest BCUT2D eigenvalue weighted by atomic mass is 10.3. The summed E-state index contributed by atoms with van der Waals surface area (Å²) in [5, 5.41) is 0. The number of rotatable bonds is 0.